The molecule has 2 aromatic rings. The average Bonchev–Trinajstić information content (AvgIpc) is 2.81. The Morgan fingerprint density at radius 1 is 1.26 bits per heavy atom. The van der Waals surface area contributed by atoms with Gasteiger partial charge in [-0.25, -0.2) is 0 Å². The van der Waals surface area contributed by atoms with Crippen LogP contribution < -0.4 is 4.74 Å². The summed E-state index contributed by atoms with van der Waals surface area (Å²) in [4.78, 5) is 5.49. The van der Waals surface area contributed by atoms with E-state index in [4.69, 9.17) is 9.47 Å². The van der Waals surface area contributed by atoms with Gasteiger partial charge in [0, 0.05) is 30.3 Å². The Morgan fingerprint density at radius 3 is 2.84 bits per heavy atom. The van der Waals surface area contributed by atoms with Crippen molar-refractivity contribution in [2.75, 3.05) is 34.0 Å². The molecule has 1 N–H and O–H groups in total. The third kappa shape index (κ3) is 3.49. The molecular formula is C15H22N2O2. The van der Waals surface area contributed by atoms with Crippen LogP contribution in [0.5, 0.6) is 5.75 Å². The van der Waals surface area contributed by atoms with Gasteiger partial charge in [-0.3, -0.25) is 0 Å². The van der Waals surface area contributed by atoms with E-state index in [2.05, 4.69) is 36.2 Å². The Bertz CT molecular complexity index is 520. The first-order valence-electron chi connectivity index (χ1n) is 6.66. The molecule has 0 aliphatic rings. The first-order valence-corrected chi connectivity index (χ1v) is 6.66. The number of fused-ring (bicyclic) bond motifs is 1. The minimum atomic E-state index is 0.300. The number of nitrogens with one attached hydrogen (secondary N) is 1. The molecule has 0 fully saturated rings. The second-order valence-corrected chi connectivity index (χ2v) is 4.80. The largest absolute Gasteiger partial charge is 0.467 e. The van der Waals surface area contributed by atoms with Gasteiger partial charge in [-0.1, -0.05) is 6.07 Å². The summed E-state index contributed by atoms with van der Waals surface area (Å²) in [5.41, 5.74) is 2.40. The van der Waals surface area contributed by atoms with E-state index in [1.165, 1.54) is 10.9 Å². The lowest BCUT2D eigenvalue weighted by molar-refractivity contribution is 0.0233. The van der Waals surface area contributed by atoms with Gasteiger partial charge in [0.25, 0.3) is 0 Å². The van der Waals surface area contributed by atoms with Gasteiger partial charge in [-0.15, -0.1) is 0 Å². The molecule has 0 saturated carbocycles. The molecule has 0 atom stereocenters. The molecule has 0 aliphatic carbocycles. The molecule has 0 amide bonds. The van der Waals surface area contributed by atoms with Crippen molar-refractivity contribution in [1.82, 2.24) is 9.88 Å². The van der Waals surface area contributed by atoms with E-state index < -0.39 is 0 Å². The molecule has 1 aromatic carbocycles. The molecule has 4 heteroatoms. The smallest absolute Gasteiger partial charge is 0.189 e. The van der Waals surface area contributed by atoms with Crippen LogP contribution in [0, 0.1) is 0 Å². The molecule has 2 rings (SSSR count). The minimum Gasteiger partial charge on any atom is -0.467 e. The molecule has 1 heterocycles. The van der Waals surface area contributed by atoms with E-state index >= 15 is 0 Å². The number of nitrogens with zero attached hydrogens (tertiary/aromatic N) is 1. The Morgan fingerprint density at radius 2 is 2.11 bits per heavy atom. The zero-order valence-corrected chi connectivity index (χ0v) is 11.9. The second-order valence-electron chi connectivity index (χ2n) is 4.80. The van der Waals surface area contributed by atoms with Crippen molar-refractivity contribution < 1.29 is 9.47 Å². The minimum absolute atomic E-state index is 0.300. The molecule has 0 saturated heterocycles. The summed E-state index contributed by atoms with van der Waals surface area (Å²) in [7, 11) is 4.17. The number of rotatable bonds is 7. The normalized spacial score (nSPS) is 11.4. The molecule has 0 aliphatic heterocycles. The van der Waals surface area contributed by atoms with Crippen molar-refractivity contribution >= 4 is 10.9 Å². The maximum absolute atomic E-state index is 5.71. The van der Waals surface area contributed by atoms with Crippen LogP contribution in [-0.2, 0) is 11.2 Å². The lowest BCUT2D eigenvalue weighted by atomic mass is 10.1. The summed E-state index contributed by atoms with van der Waals surface area (Å²) in [5.74, 6) is 0.890. The third-order valence-electron chi connectivity index (χ3n) is 3.08. The van der Waals surface area contributed by atoms with E-state index in [0.29, 0.717) is 13.4 Å². The predicted octanol–water partition coefficient (Wildman–Crippen LogP) is 2.64. The van der Waals surface area contributed by atoms with Gasteiger partial charge < -0.3 is 19.4 Å². The highest BCUT2D eigenvalue weighted by Crippen LogP contribution is 2.29. The van der Waals surface area contributed by atoms with Gasteiger partial charge in [-0.05, 0) is 45.1 Å². The van der Waals surface area contributed by atoms with Crippen molar-refractivity contribution in [2.24, 2.45) is 0 Å². The number of likely N-dealkylation sites (N-methyl/N-ethyl adjacent to an activating group) is 1. The van der Waals surface area contributed by atoms with Gasteiger partial charge in [0.05, 0.1) is 0 Å². The number of hydrogen-bond donors (Lipinski definition) is 1. The van der Waals surface area contributed by atoms with Gasteiger partial charge in [0.1, 0.15) is 5.75 Å². The monoisotopic (exact) mass is 262 g/mol. The lowest BCUT2D eigenvalue weighted by Crippen LogP contribution is -2.14. The van der Waals surface area contributed by atoms with Crippen molar-refractivity contribution in [2.45, 2.75) is 13.3 Å². The number of H-pyrrole nitrogens is 1. The average molecular weight is 262 g/mol. The highest BCUT2D eigenvalue weighted by atomic mass is 16.7. The summed E-state index contributed by atoms with van der Waals surface area (Å²) in [5, 5.41) is 1.17. The van der Waals surface area contributed by atoms with Crippen LogP contribution in [0.2, 0.25) is 0 Å². The second kappa shape index (κ2) is 6.59. The van der Waals surface area contributed by atoms with E-state index in [9.17, 15) is 0 Å². The topological polar surface area (TPSA) is 37.5 Å². The van der Waals surface area contributed by atoms with Crippen molar-refractivity contribution in [3.05, 3.63) is 30.0 Å². The van der Waals surface area contributed by atoms with Gasteiger partial charge >= 0.3 is 0 Å². The highest BCUT2D eigenvalue weighted by Gasteiger charge is 2.09. The number of ether oxygens (including phenoxy) is 2. The van der Waals surface area contributed by atoms with Gasteiger partial charge in [-0.2, -0.15) is 0 Å². The summed E-state index contributed by atoms with van der Waals surface area (Å²) in [6.45, 7) is 3.94. The fourth-order valence-electron chi connectivity index (χ4n) is 2.07. The zero-order valence-electron chi connectivity index (χ0n) is 11.9. The first kappa shape index (κ1) is 13.9. The summed E-state index contributed by atoms with van der Waals surface area (Å²) >= 11 is 0. The fourth-order valence-corrected chi connectivity index (χ4v) is 2.07. The van der Waals surface area contributed by atoms with Crippen LogP contribution in [0.15, 0.2) is 24.4 Å². The summed E-state index contributed by atoms with van der Waals surface area (Å²) < 4.78 is 11.0. The maximum Gasteiger partial charge on any atom is 0.189 e. The maximum atomic E-state index is 5.71. The molecule has 104 valence electrons. The number of aromatic amines is 1. The quantitative estimate of drug-likeness (QED) is 0.615. The van der Waals surface area contributed by atoms with Crippen LogP contribution in [-0.4, -0.2) is 43.9 Å². The Hall–Kier alpha value is -1.52. The van der Waals surface area contributed by atoms with Crippen molar-refractivity contribution in [3.63, 3.8) is 0 Å². The molecule has 1 aromatic heterocycles. The molecule has 0 unspecified atom stereocenters. The number of aromatic nitrogens is 1. The zero-order chi connectivity index (χ0) is 13.7. The summed E-state index contributed by atoms with van der Waals surface area (Å²) in [6.07, 6.45) is 3.07. The summed E-state index contributed by atoms with van der Waals surface area (Å²) in [6, 6.07) is 6.06. The van der Waals surface area contributed by atoms with Crippen molar-refractivity contribution in [1.29, 1.82) is 0 Å². The van der Waals surface area contributed by atoms with Crippen LogP contribution in [0.1, 0.15) is 12.5 Å². The fraction of sp³-hybridized carbons (Fsp3) is 0.467. The molecule has 0 spiro atoms. The van der Waals surface area contributed by atoms with E-state index in [1.54, 1.807) is 0 Å². The Kier molecular flexibility index (Phi) is 4.82. The van der Waals surface area contributed by atoms with Gasteiger partial charge in [0.2, 0.25) is 0 Å². The molecule has 4 nitrogen and oxygen atoms in total. The van der Waals surface area contributed by atoms with E-state index in [0.717, 1.165) is 24.2 Å². The highest BCUT2D eigenvalue weighted by molar-refractivity contribution is 5.89. The Labute approximate surface area is 114 Å². The molecule has 0 bridgehead atoms. The van der Waals surface area contributed by atoms with Crippen LogP contribution in [0.25, 0.3) is 10.9 Å². The lowest BCUT2D eigenvalue weighted by Gasteiger charge is -2.11. The van der Waals surface area contributed by atoms with Crippen LogP contribution in [0.4, 0.5) is 0 Å². The van der Waals surface area contributed by atoms with E-state index in [-0.39, 0.29) is 0 Å². The number of hydrogen-bond acceptors (Lipinski definition) is 3. The molecule has 0 radical (unpaired) electrons. The Balaban J connectivity index is 2.22. The van der Waals surface area contributed by atoms with Crippen LogP contribution >= 0.6 is 0 Å². The predicted molar refractivity (Wildman–Crippen MR) is 77.7 cm³/mol. The number of benzene rings is 1. The molecular weight excluding hydrogens is 240 g/mol. The van der Waals surface area contributed by atoms with E-state index in [1.807, 2.05) is 19.1 Å². The van der Waals surface area contributed by atoms with Gasteiger partial charge in [0.15, 0.2) is 6.79 Å². The third-order valence-corrected chi connectivity index (χ3v) is 3.08. The standard InChI is InChI=1S/C15H22N2O2/c1-4-18-11-19-14-7-5-6-13-15(14)12(10-16-13)8-9-17(2)3/h5-7,10,16H,4,8-9,11H2,1-3H3. The van der Waals surface area contributed by atoms with Crippen molar-refractivity contribution in [3.8, 4) is 5.75 Å². The first-order chi connectivity index (χ1) is 9.22. The van der Waals surface area contributed by atoms with Crippen LogP contribution in [0.3, 0.4) is 0 Å². The SMILES string of the molecule is CCOCOc1cccc2[nH]cc(CCN(C)C)c12. The molecule has 19 heavy (non-hydrogen) atoms.